The van der Waals surface area contributed by atoms with Gasteiger partial charge in [-0.05, 0) is 19.1 Å². The molecule has 1 N–H and O–H groups in total. The van der Waals surface area contributed by atoms with Crippen LogP contribution in [-0.2, 0) is 4.43 Å². The summed E-state index contributed by atoms with van der Waals surface area (Å²) >= 11 is 6.09. The molecule has 31 heavy (non-hydrogen) atoms. The topological polar surface area (TPSA) is 64.3 Å². The molecule has 1 unspecified atom stereocenters. The molecule has 2 aromatic heterocycles. The van der Waals surface area contributed by atoms with E-state index in [0.717, 1.165) is 10.8 Å². The third kappa shape index (κ3) is 4.77. The molecule has 0 saturated carbocycles. The van der Waals surface area contributed by atoms with Crippen molar-refractivity contribution in [3.8, 4) is 11.1 Å². The second-order valence-electron chi connectivity index (χ2n) is 7.25. The van der Waals surface area contributed by atoms with Gasteiger partial charge in [0.15, 0.2) is 8.32 Å². The number of alkyl halides is 3. The van der Waals surface area contributed by atoms with E-state index in [9.17, 15) is 26.3 Å². The molecule has 2 heterocycles. The molecule has 0 fully saturated rings. The van der Waals surface area contributed by atoms with Crippen molar-refractivity contribution in [3.63, 3.8) is 0 Å². The van der Waals surface area contributed by atoms with Crippen LogP contribution < -0.4 is 5.32 Å². The SMILES string of the molecule is CO[Si](C)(C)CC(Nc1c(-c2c(F)cc(F)cc2F)c(Cl)nc2ncnn12)C(F)(F)F. The first-order chi connectivity index (χ1) is 14.3. The van der Waals surface area contributed by atoms with Gasteiger partial charge in [-0.2, -0.15) is 32.8 Å². The number of rotatable bonds is 6. The average molecular weight is 484 g/mol. The van der Waals surface area contributed by atoms with E-state index < -0.39 is 66.1 Å². The Bertz CT molecular complexity index is 1100. The van der Waals surface area contributed by atoms with E-state index in [1.54, 1.807) is 13.1 Å². The van der Waals surface area contributed by atoms with E-state index >= 15 is 0 Å². The summed E-state index contributed by atoms with van der Waals surface area (Å²) in [5, 5.41) is 5.50. The van der Waals surface area contributed by atoms with E-state index in [4.69, 9.17) is 16.0 Å². The minimum absolute atomic E-state index is 0.205. The van der Waals surface area contributed by atoms with Crippen molar-refractivity contribution in [2.45, 2.75) is 31.4 Å². The smallest absolute Gasteiger partial charge is 0.408 e. The predicted molar refractivity (Wildman–Crippen MR) is 104 cm³/mol. The molecule has 168 valence electrons. The quantitative estimate of drug-likeness (QED) is 0.302. The van der Waals surface area contributed by atoms with Crippen LogP contribution in [0.25, 0.3) is 16.9 Å². The molecule has 0 saturated heterocycles. The Morgan fingerprint density at radius 3 is 2.32 bits per heavy atom. The zero-order chi connectivity index (χ0) is 23.1. The molecule has 1 aromatic carbocycles. The lowest BCUT2D eigenvalue weighted by Gasteiger charge is -2.30. The summed E-state index contributed by atoms with van der Waals surface area (Å²) in [7, 11) is -1.46. The zero-order valence-corrected chi connectivity index (χ0v) is 18.1. The van der Waals surface area contributed by atoms with Crippen molar-refractivity contribution >= 4 is 31.5 Å². The number of halogens is 7. The second-order valence-corrected chi connectivity index (χ2v) is 11.9. The van der Waals surface area contributed by atoms with E-state index in [-0.39, 0.29) is 5.78 Å². The van der Waals surface area contributed by atoms with Crippen LogP contribution in [0.2, 0.25) is 24.3 Å². The minimum Gasteiger partial charge on any atom is -0.420 e. The van der Waals surface area contributed by atoms with Crippen molar-refractivity contribution in [3.05, 3.63) is 41.1 Å². The van der Waals surface area contributed by atoms with Crippen LogP contribution in [0.4, 0.5) is 32.2 Å². The first-order valence-electron chi connectivity index (χ1n) is 8.76. The Morgan fingerprint density at radius 1 is 1.16 bits per heavy atom. The Morgan fingerprint density at radius 2 is 1.77 bits per heavy atom. The lowest BCUT2D eigenvalue weighted by atomic mass is 10.1. The lowest BCUT2D eigenvalue weighted by molar-refractivity contribution is -0.139. The summed E-state index contributed by atoms with van der Waals surface area (Å²) < 4.78 is 90.0. The van der Waals surface area contributed by atoms with Gasteiger partial charge in [-0.3, -0.25) is 0 Å². The molecular weight excluding hydrogens is 468 g/mol. The number of hydrogen-bond donors (Lipinski definition) is 1. The Kier molecular flexibility index (Phi) is 6.22. The molecule has 3 rings (SSSR count). The predicted octanol–water partition coefficient (Wildman–Crippen LogP) is 5.06. The van der Waals surface area contributed by atoms with Crippen LogP contribution in [0.15, 0.2) is 18.5 Å². The monoisotopic (exact) mass is 483 g/mol. The normalized spacial score (nSPS) is 13.6. The molecule has 0 aliphatic rings. The molecule has 0 aliphatic heterocycles. The molecule has 0 amide bonds. The van der Waals surface area contributed by atoms with Crippen LogP contribution in [0.1, 0.15) is 0 Å². The highest BCUT2D eigenvalue weighted by Crippen LogP contribution is 2.40. The van der Waals surface area contributed by atoms with Crippen molar-refractivity contribution in [1.82, 2.24) is 19.6 Å². The minimum atomic E-state index is -4.76. The fraction of sp³-hybridized carbons (Fsp3) is 0.353. The molecule has 0 aliphatic carbocycles. The molecule has 0 spiro atoms. The van der Waals surface area contributed by atoms with Gasteiger partial charge in [0.1, 0.15) is 40.8 Å². The largest absolute Gasteiger partial charge is 0.420 e. The first-order valence-corrected chi connectivity index (χ1v) is 12.3. The van der Waals surface area contributed by atoms with Crippen LogP contribution in [-0.4, -0.2) is 47.2 Å². The standard InChI is InChI=1S/C17H16ClF6N5OSi/c1-30-31(2,3)6-11(17(22,23)24)27-15-13(12-9(20)4-8(19)5-10(12)21)14(18)28-16-25-7-26-29(15)16/h4-5,7,11,27H,6H2,1-3H3. The van der Waals surface area contributed by atoms with E-state index in [0.29, 0.717) is 12.1 Å². The fourth-order valence-electron chi connectivity index (χ4n) is 2.94. The highest BCUT2D eigenvalue weighted by Gasteiger charge is 2.45. The summed E-state index contributed by atoms with van der Waals surface area (Å²) in [4.78, 5) is 7.59. The summed E-state index contributed by atoms with van der Waals surface area (Å²) in [6, 6.07) is -1.85. The van der Waals surface area contributed by atoms with Crippen molar-refractivity contribution in [1.29, 1.82) is 0 Å². The fourth-order valence-corrected chi connectivity index (χ4v) is 4.68. The van der Waals surface area contributed by atoms with E-state index in [1.165, 1.54) is 7.11 Å². The maximum Gasteiger partial charge on any atom is 0.408 e. The summed E-state index contributed by atoms with van der Waals surface area (Å²) in [6.07, 6.45) is -3.77. The van der Waals surface area contributed by atoms with E-state index in [2.05, 4.69) is 20.4 Å². The van der Waals surface area contributed by atoms with Crippen LogP contribution in [0.3, 0.4) is 0 Å². The maximum atomic E-state index is 14.5. The number of benzene rings is 1. The molecule has 6 nitrogen and oxygen atoms in total. The molecule has 3 aromatic rings. The number of hydrogen-bond acceptors (Lipinski definition) is 5. The second kappa shape index (κ2) is 8.28. The lowest BCUT2D eigenvalue weighted by Crippen LogP contribution is -2.44. The average Bonchev–Trinajstić information content (AvgIpc) is 3.09. The van der Waals surface area contributed by atoms with Crippen molar-refractivity contribution in [2.24, 2.45) is 0 Å². The van der Waals surface area contributed by atoms with Gasteiger partial charge in [-0.25, -0.2) is 13.2 Å². The number of nitrogens with zero attached hydrogens (tertiary/aromatic N) is 4. The van der Waals surface area contributed by atoms with Gasteiger partial charge < -0.3 is 9.74 Å². The number of aromatic nitrogens is 4. The van der Waals surface area contributed by atoms with Gasteiger partial charge >= 0.3 is 6.18 Å². The van der Waals surface area contributed by atoms with Gasteiger partial charge in [-0.15, -0.1) is 0 Å². The van der Waals surface area contributed by atoms with Crippen LogP contribution in [0.5, 0.6) is 0 Å². The molecule has 0 radical (unpaired) electrons. The van der Waals surface area contributed by atoms with Gasteiger partial charge in [0, 0.05) is 19.2 Å². The Labute approximate surface area is 178 Å². The maximum absolute atomic E-state index is 14.5. The third-order valence-electron chi connectivity index (χ3n) is 4.59. The zero-order valence-electron chi connectivity index (χ0n) is 16.4. The van der Waals surface area contributed by atoms with Gasteiger partial charge in [0.2, 0.25) is 0 Å². The van der Waals surface area contributed by atoms with Gasteiger partial charge in [0.25, 0.3) is 5.78 Å². The highest BCUT2D eigenvalue weighted by atomic mass is 35.5. The van der Waals surface area contributed by atoms with Crippen molar-refractivity contribution in [2.75, 3.05) is 12.4 Å². The van der Waals surface area contributed by atoms with Gasteiger partial charge in [-0.1, -0.05) is 11.6 Å². The molecule has 0 bridgehead atoms. The van der Waals surface area contributed by atoms with Crippen LogP contribution in [0, 0.1) is 17.5 Å². The van der Waals surface area contributed by atoms with Crippen LogP contribution >= 0.6 is 11.6 Å². The summed E-state index contributed by atoms with van der Waals surface area (Å²) in [5.74, 6) is -4.67. The third-order valence-corrected chi connectivity index (χ3v) is 7.36. The Hall–Kier alpha value is -2.38. The van der Waals surface area contributed by atoms with Crippen molar-refractivity contribution < 1.29 is 30.8 Å². The Balaban J connectivity index is 2.26. The highest BCUT2D eigenvalue weighted by molar-refractivity contribution is 6.71. The first kappa shape index (κ1) is 23.3. The number of fused-ring (bicyclic) bond motifs is 1. The van der Waals surface area contributed by atoms with Gasteiger partial charge in [0.05, 0.1) is 11.1 Å². The number of nitrogens with one attached hydrogen (secondary N) is 1. The molecule has 14 heteroatoms. The van der Waals surface area contributed by atoms with E-state index in [1.807, 2.05) is 0 Å². The summed E-state index contributed by atoms with van der Waals surface area (Å²) in [5.41, 5.74) is -1.41. The summed E-state index contributed by atoms with van der Waals surface area (Å²) in [6.45, 7) is 3.16. The molecule has 1 atom stereocenters. The number of anilines is 1. The molecular formula is C17H16ClF6N5OSi.